The predicted octanol–water partition coefficient (Wildman–Crippen LogP) is 8.65. The van der Waals surface area contributed by atoms with Crippen molar-refractivity contribution in [2.24, 2.45) is 11.8 Å². The first-order chi connectivity index (χ1) is 17.9. The maximum absolute atomic E-state index is 13.2. The Kier molecular flexibility index (Phi) is 13.9. The maximum atomic E-state index is 13.2. The third kappa shape index (κ3) is 9.95. The molecule has 7 heteroatoms. The molecule has 1 saturated heterocycles. The van der Waals surface area contributed by atoms with E-state index in [1.165, 1.54) is 6.42 Å². The number of ketones is 1. The van der Waals surface area contributed by atoms with E-state index in [1.807, 2.05) is 6.08 Å². The summed E-state index contributed by atoms with van der Waals surface area (Å²) in [6.07, 6.45) is 12.3. The van der Waals surface area contributed by atoms with Crippen molar-refractivity contribution in [1.82, 2.24) is 0 Å². The third-order valence-electron chi connectivity index (χ3n) is 9.68. The van der Waals surface area contributed by atoms with Crippen LogP contribution in [0.25, 0.3) is 0 Å². The van der Waals surface area contributed by atoms with Crippen LogP contribution in [-0.4, -0.2) is 54.1 Å². The Balaban J connectivity index is 2.04. The van der Waals surface area contributed by atoms with Crippen LogP contribution in [0.15, 0.2) is 12.2 Å². The minimum absolute atomic E-state index is 0.00570. The molecule has 0 spiro atoms. The van der Waals surface area contributed by atoms with Gasteiger partial charge in [-0.15, -0.1) is 0 Å². The molecule has 0 saturated carbocycles. The standard InChI is InChI=1S/C31H60O5Si2/c1-10-38(11-2,12-3)34-24-22-27-26(18-14-13-17-25(4)35-30-19-15-16-23-33-30)28(32)20-21-29(27)36-37(8,9)31(5,6)7/h20-21,25-27,29-30H,10-19,22-24H2,1-9H3/t25-,26+,27+,29-,30?/m0/s1. The molecular formula is C31H60O5Si2. The molecular weight excluding hydrogens is 509 g/mol. The Morgan fingerprint density at radius 3 is 2.32 bits per heavy atom. The highest BCUT2D eigenvalue weighted by atomic mass is 28.4. The summed E-state index contributed by atoms with van der Waals surface area (Å²) in [6.45, 7) is 22.1. The van der Waals surface area contributed by atoms with E-state index in [-0.39, 0.29) is 41.2 Å². The molecule has 0 aromatic rings. The van der Waals surface area contributed by atoms with Crippen LogP contribution >= 0.6 is 0 Å². The summed E-state index contributed by atoms with van der Waals surface area (Å²) in [5, 5.41) is 0.131. The Hall–Kier alpha value is -0.316. The summed E-state index contributed by atoms with van der Waals surface area (Å²) in [6, 6.07) is 3.47. The predicted molar refractivity (Wildman–Crippen MR) is 164 cm³/mol. The van der Waals surface area contributed by atoms with Crippen molar-refractivity contribution in [3.05, 3.63) is 12.2 Å². The third-order valence-corrected chi connectivity index (χ3v) is 18.8. The van der Waals surface area contributed by atoms with Gasteiger partial charge in [0.05, 0.1) is 12.2 Å². The monoisotopic (exact) mass is 568 g/mol. The van der Waals surface area contributed by atoms with Crippen LogP contribution in [0, 0.1) is 11.8 Å². The zero-order valence-corrected chi connectivity index (χ0v) is 28.3. The van der Waals surface area contributed by atoms with Gasteiger partial charge in [0.15, 0.2) is 28.7 Å². The van der Waals surface area contributed by atoms with Gasteiger partial charge in [0.25, 0.3) is 0 Å². The van der Waals surface area contributed by atoms with Crippen molar-refractivity contribution >= 4 is 22.4 Å². The van der Waals surface area contributed by atoms with Crippen molar-refractivity contribution in [3.63, 3.8) is 0 Å². The average Bonchev–Trinajstić information content (AvgIpc) is 2.87. The Morgan fingerprint density at radius 2 is 1.74 bits per heavy atom. The molecule has 1 aliphatic heterocycles. The molecule has 1 aliphatic carbocycles. The SMILES string of the molecule is CC[Si](CC)(CC)OCC[C@H]1[C@@H](O[Si](C)(C)C(C)(C)C)C=CC(=O)[C@@H]1CCCC[C@H](C)OC1CCCCO1. The van der Waals surface area contributed by atoms with Gasteiger partial charge in [0, 0.05) is 19.1 Å². The highest BCUT2D eigenvalue weighted by molar-refractivity contribution is 6.74. The molecule has 1 fully saturated rings. The first-order valence-electron chi connectivity index (χ1n) is 15.7. The number of hydrogen-bond acceptors (Lipinski definition) is 5. The molecule has 5 atom stereocenters. The fraction of sp³-hybridized carbons (Fsp3) is 0.903. The molecule has 0 aromatic heterocycles. The summed E-state index contributed by atoms with van der Waals surface area (Å²) in [5.41, 5.74) is 0. The van der Waals surface area contributed by atoms with E-state index < -0.39 is 16.6 Å². The number of carbonyl (C=O) groups excluding carboxylic acids is 1. The molecule has 0 N–H and O–H groups in total. The van der Waals surface area contributed by atoms with E-state index >= 15 is 0 Å². The lowest BCUT2D eigenvalue weighted by atomic mass is 9.76. The van der Waals surface area contributed by atoms with Crippen molar-refractivity contribution < 1.29 is 23.1 Å². The van der Waals surface area contributed by atoms with Crippen LogP contribution in [0.2, 0.25) is 36.3 Å². The zero-order valence-electron chi connectivity index (χ0n) is 26.3. The van der Waals surface area contributed by atoms with E-state index in [0.717, 1.165) is 76.3 Å². The largest absolute Gasteiger partial charge is 0.417 e. The fourth-order valence-corrected chi connectivity index (χ4v) is 9.62. The van der Waals surface area contributed by atoms with Crippen LogP contribution in [0.3, 0.4) is 0 Å². The Morgan fingerprint density at radius 1 is 1.05 bits per heavy atom. The van der Waals surface area contributed by atoms with Crippen LogP contribution in [0.4, 0.5) is 0 Å². The second-order valence-corrected chi connectivity index (χ2v) is 22.8. The highest BCUT2D eigenvalue weighted by Gasteiger charge is 2.43. The molecule has 0 aromatic carbocycles. The van der Waals surface area contributed by atoms with Gasteiger partial charge in [-0.25, -0.2) is 0 Å². The van der Waals surface area contributed by atoms with Crippen LogP contribution in [-0.2, 0) is 23.1 Å². The van der Waals surface area contributed by atoms with Gasteiger partial charge < -0.3 is 18.3 Å². The molecule has 1 heterocycles. The highest BCUT2D eigenvalue weighted by Crippen LogP contribution is 2.41. The lowest BCUT2D eigenvalue weighted by Crippen LogP contribution is -2.48. The van der Waals surface area contributed by atoms with Gasteiger partial charge >= 0.3 is 0 Å². The number of ether oxygens (including phenoxy) is 2. The van der Waals surface area contributed by atoms with Gasteiger partial charge in [0.1, 0.15) is 0 Å². The van der Waals surface area contributed by atoms with Gasteiger partial charge in [-0.3, -0.25) is 4.79 Å². The van der Waals surface area contributed by atoms with Crippen molar-refractivity contribution in [2.75, 3.05) is 13.2 Å². The zero-order chi connectivity index (χ0) is 28.4. The first kappa shape index (κ1) is 33.9. The van der Waals surface area contributed by atoms with E-state index in [1.54, 1.807) is 0 Å². The molecule has 2 rings (SSSR count). The minimum atomic E-state index is -1.98. The van der Waals surface area contributed by atoms with Gasteiger partial charge in [-0.2, -0.15) is 0 Å². The molecule has 0 amide bonds. The molecule has 2 aliphatic rings. The van der Waals surface area contributed by atoms with Gasteiger partial charge in [0.2, 0.25) is 0 Å². The second-order valence-electron chi connectivity index (χ2n) is 13.3. The summed E-state index contributed by atoms with van der Waals surface area (Å²) < 4.78 is 25.5. The van der Waals surface area contributed by atoms with E-state index in [4.69, 9.17) is 18.3 Å². The number of allylic oxidation sites excluding steroid dienone is 1. The van der Waals surface area contributed by atoms with E-state index in [9.17, 15) is 4.79 Å². The number of hydrogen-bond donors (Lipinski definition) is 0. The van der Waals surface area contributed by atoms with Crippen LogP contribution < -0.4 is 0 Å². The second kappa shape index (κ2) is 15.6. The minimum Gasteiger partial charge on any atom is -0.417 e. The maximum Gasteiger partial charge on any atom is 0.192 e. The molecule has 0 radical (unpaired) electrons. The molecule has 0 bridgehead atoms. The Bertz CT molecular complexity index is 714. The molecule has 1 unspecified atom stereocenters. The quantitative estimate of drug-likeness (QED) is 0.138. The van der Waals surface area contributed by atoms with E-state index in [0.29, 0.717) is 0 Å². The number of carbonyl (C=O) groups is 1. The van der Waals surface area contributed by atoms with Crippen LogP contribution in [0.5, 0.6) is 0 Å². The van der Waals surface area contributed by atoms with Gasteiger partial charge in [-0.05, 0) is 93.7 Å². The smallest absolute Gasteiger partial charge is 0.192 e. The summed E-state index contributed by atoms with van der Waals surface area (Å²) in [7, 11) is -3.64. The molecule has 222 valence electrons. The van der Waals surface area contributed by atoms with Gasteiger partial charge in [-0.1, -0.05) is 60.5 Å². The van der Waals surface area contributed by atoms with Crippen molar-refractivity contribution in [3.8, 4) is 0 Å². The number of rotatable bonds is 16. The lowest BCUT2D eigenvalue weighted by molar-refractivity contribution is -0.185. The molecule has 38 heavy (non-hydrogen) atoms. The van der Waals surface area contributed by atoms with Crippen molar-refractivity contribution in [2.45, 2.75) is 155 Å². The average molecular weight is 569 g/mol. The topological polar surface area (TPSA) is 54.0 Å². The first-order valence-corrected chi connectivity index (χ1v) is 21.1. The van der Waals surface area contributed by atoms with Crippen LogP contribution in [0.1, 0.15) is 99.8 Å². The Labute approximate surface area is 237 Å². The van der Waals surface area contributed by atoms with Crippen molar-refractivity contribution in [1.29, 1.82) is 0 Å². The fourth-order valence-electron chi connectivity index (χ4n) is 5.67. The van der Waals surface area contributed by atoms with E-state index in [2.05, 4.69) is 67.6 Å². The lowest BCUT2D eigenvalue weighted by Gasteiger charge is -2.43. The normalized spacial score (nSPS) is 26.1. The summed E-state index contributed by atoms with van der Waals surface area (Å²) in [4.78, 5) is 13.2. The molecule has 5 nitrogen and oxygen atoms in total. The summed E-state index contributed by atoms with van der Waals surface area (Å²) in [5.74, 6) is 0.468. The number of unbranched alkanes of at least 4 members (excludes halogenated alkanes) is 1. The summed E-state index contributed by atoms with van der Waals surface area (Å²) >= 11 is 0.